The fourth-order valence-corrected chi connectivity index (χ4v) is 2.86. The molecule has 19 heavy (non-hydrogen) atoms. The van der Waals surface area contributed by atoms with Crippen molar-refractivity contribution in [3.8, 4) is 0 Å². The van der Waals surface area contributed by atoms with Gasteiger partial charge >= 0.3 is 0 Å². The smallest absolute Gasteiger partial charge is 0.0791 e. The molecule has 0 aromatic carbocycles. The molecule has 1 atom stereocenters. The Hall–Kier alpha value is -0.160. The molecule has 4 nitrogen and oxygen atoms in total. The van der Waals surface area contributed by atoms with Gasteiger partial charge in [-0.1, -0.05) is 0 Å². The summed E-state index contributed by atoms with van der Waals surface area (Å²) in [7, 11) is 0. The third kappa shape index (κ3) is 6.70. The standard InChI is InChI=1S/C15H32N2O2/c1-13(2,3)16-8-12(18)9-17-10-14(4,5)19-15(6,7)11-17/h12,16,18H,8-11H2,1-7H3. The molecule has 0 amide bonds. The quantitative estimate of drug-likeness (QED) is 0.816. The average Bonchev–Trinajstić information content (AvgIpc) is 2.07. The third-order valence-corrected chi connectivity index (χ3v) is 3.10. The minimum atomic E-state index is -0.344. The van der Waals surface area contributed by atoms with E-state index in [4.69, 9.17) is 4.74 Å². The predicted molar refractivity (Wildman–Crippen MR) is 79.4 cm³/mol. The number of hydrogen-bond acceptors (Lipinski definition) is 4. The molecule has 114 valence electrons. The van der Waals surface area contributed by atoms with Gasteiger partial charge < -0.3 is 15.2 Å². The number of nitrogens with zero attached hydrogens (tertiary/aromatic N) is 1. The maximum absolute atomic E-state index is 10.2. The van der Waals surface area contributed by atoms with Crippen LogP contribution in [0.2, 0.25) is 0 Å². The van der Waals surface area contributed by atoms with Crippen LogP contribution in [-0.2, 0) is 4.74 Å². The van der Waals surface area contributed by atoms with E-state index in [-0.39, 0.29) is 22.8 Å². The molecule has 1 unspecified atom stereocenters. The van der Waals surface area contributed by atoms with Gasteiger partial charge in [0.25, 0.3) is 0 Å². The van der Waals surface area contributed by atoms with Crippen molar-refractivity contribution in [2.75, 3.05) is 26.2 Å². The van der Waals surface area contributed by atoms with Crippen LogP contribution >= 0.6 is 0 Å². The Bertz CT molecular complexity index is 279. The van der Waals surface area contributed by atoms with Crippen molar-refractivity contribution >= 4 is 0 Å². The van der Waals surface area contributed by atoms with Gasteiger partial charge in [0.05, 0.1) is 17.3 Å². The molecule has 1 rings (SSSR count). The van der Waals surface area contributed by atoms with Crippen molar-refractivity contribution in [3.63, 3.8) is 0 Å². The normalized spacial score (nSPS) is 25.3. The molecule has 2 N–H and O–H groups in total. The Labute approximate surface area is 118 Å². The summed E-state index contributed by atoms with van der Waals surface area (Å²) in [6.45, 7) is 17.8. The molecular weight excluding hydrogens is 240 g/mol. The molecule has 1 saturated heterocycles. The van der Waals surface area contributed by atoms with E-state index in [1.165, 1.54) is 0 Å². The SMILES string of the molecule is CC(C)(C)NCC(O)CN1CC(C)(C)OC(C)(C)C1. The van der Waals surface area contributed by atoms with Gasteiger partial charge in [0.15, 0.2) is 0 Å². The van der Waals surface area contributed by atoms with E-state index >= 15 is 0 Å². The van der Waals surface area contributed by atoms with Crippen LogP contribution in [0.1, 0.15) is 48.5 Å². The molecule has 1 aliphatic heterocycles. The second kappa shape index (κ2) is 5.68. The van der Waals surface area contributed by atoms with Crippen LogP contribution < -0.4 is 5.32 Å². The summed E-state index contributed by atoms with van der Waals surface area (Å²) in [6.07, 6.45) is -0.344. The van der Waals surface area contributed by atoms with Crippen LogP contribution in [0.25, 0.3) is 0 Å². The largest absolute Gasteiger partial charge is 0.390 e. The maximum atomic E-state index is 10.2. The van der Waals surface area contributed by atoms with E-state index in [0.717, 1.165) is 13.1 Å². The fraction of sp³-hybridized carbons (Fsp3) is 1.00. The highest BCUT2D eigenvalue weighted by Crippen LogP contribution is 2.27. The van der Waals surface area contributed by atoms with Crippen LogP contribution in [0.3, 0.4) is 0 Å². The van der Waals surface area contributed by atoms with Crippen LogP contribution in [0.4, 0.5) is 0 Å². The highest BCUT2D eigenvalue weighted by molar-refractivity contribution is 4.90. The van der Waals surface area contributed by atoms with Gasteiger partial charge in [-0.2, -0.15) is 0 Å². The number of hydrogen-bond donors (Lipinski definition) is 2. The number of aliphatic hydroxyl groups is 1. The number of morpholine rings is 1. The summed E-state index contributed by atoms with van der Waals surface area (Å²) in [5.74, 6) is 0. The van der Waals surface area contributed by atoms with Crippen molar-refractivity contribution in [1.29, 1.82) is 0 Å². The van der Waals surface area contributed by atoms with E-state index in [0.29, 0.717) is 13.1 Å². The maximum Gasteiger partial charge on any atom is 0.0791 e. The molecular formula is C15H32N2O2. The molecule has 0 aromatic rings. The second-order valence-electron chi connectivity index (χ2n) is 8.08. The molecule has 0 bridgehead atoms. The van der Waals surface area contributed by atoms with Gasteiger partial charge in [-0.05, 0) is 48.5 Å². The lowest BCUT2D eigenvalue weighted by Gasteiger charge is -2.47. The minimum absolute atomic E-state index is 0.0462. The van der Waals surface area contributed by atoms with E-state index in [1.807, 2.05) is 0 Å². The molecule has 4 heteroatoms. The Kier molecular flexibility index (Phi) is 5.05. The summed E-state index contributed by atoms with van der Waals surface area (Å²) < 4.78 is 6.05. The first-order valence-corrected chi connectivity index (χ1v) is 7.24. The van der Waals surface area contributed by atoms with Crippen LogP contribution in [0.5, 0.6) is 0 Å². The first-order chi connectivity index (χ1) is 8.39. The zero-order chi connectivity index (χ0) is 14.9. The van der Waals surface area contributed by atoms with E-state index in [2.05, 4.69) is 58.7 Å². The van der Waals surface area contributed by atoms with Crippen molar-refractivity contribution in [1.82, 2.24) is 10.2 Å². The highest BCUT2D eigenvalue weighted by Gasteiger charge is 2.38. The number of nitrogens with one attached hydrogen (secondary N) is 1. The van der Waals surface area contributed by atoms with Crippen LogP contribution in [0, 0.1) is 0 Å². The van der Waals surface area contributed by atoms with Gasteiger partial charge in [-0.3, -0.25) is 4.90 Å². The number of ether oxygens (including phenoxy) is 1. The first kappa shape index (κ1) is 16.9. The average molecular weight is 272 g/mol. The Morgan fingerprint density at radius 3 is 2.05 bits per heavy atom. The number of aliphatic hydroxyl groups excluding tert-OH is 1. The summed E-state index contributed by atoms with van der Waals surface area (Å²) >= 11 is 0. The summed E-state index contributed by atoms with van der Waals surface area (Å²) in [6, 6.07) is 0. The monoisotopic (exact) mass is 272 g/mol. The zero-order valence-corrected chi connectivity index (χ0v) is 13.7. The second-order valence-corrected chi connectivity index (χ2v) is 8.08. The molecule has 0 radical (unpaired) electrons. The summed E-state index contributed by atoms with van der Waals surface area (Å²) in [5, 5.41) is 13.5. The molecule has 0 aromatic heterocycles. The summed E-state index contributed by atoms with van der Waals surface area (Å²) in [5.41, 5.74) is -0.262. The van der Waals surface area contributed by atoms with Crippen molar-refractivity contribution < 1.29 is 9.84 Å². The Morgan fingerprint density at radius 1 is 1.16 bits per heavy atom. The third-order valence-electron chi connectivity index (χ3n) is 3.10. The fourth-order valence-electron chi connectivity index (χ4n) is 2.86. The molecule has 1 heterocycles. The lowest BCUT2D eigenvalue weighted by atomic mass is 9.98. The predicted octanol–water partition coefficient (Wildman–Crippen LogP) is 1.62. The zero-order valence-electron chi connectivity index (χ0n) is 13.7. The molecule has 0 spiro atoms. The Balaban J connectivity index is 2.47. The first-order valence-electron chi connectivity index (χ1n) is 7.24. The molecule has 0 aliphatic carbocycles. The van der Waals surface area contributed by atoms with Crippen molar-refractivity contribution in [3.05, 3.63) is 0 Å². The highest BCUT2D eigenvalue weighted by atomic mass is 16.5. The molecule has 1 aliphatic rings. The lowest BCUT2D eigenvalue weighted by molar-refractivity contribution is -0.183. The van der Waals surface area contributed by atoms with E-state index < -0.39 is 0 Å². The number of rotatable bonds is 4. The topological polar surface area (TPSA) is 44.7 Å². The Morgan fingerprint density at radius 2 is 1.63 bits per heavy atom. The van der Waals surface area contributed by atoms with Gasteiger partial charge in [0, 0.05) is 31.7 Å². The lowest BCUT2D eigenvalue weighted by Crippen LogP contribution is -2.59. The van der Waals surface area contributed by atoms with Gasteiger partial charge in [-0.15, -0.1) is 0 Å². The number of β-amino-alcohol motifs (C(OH)–C–C–N with tert-alkyl or cyclic N) is 1. The van der Waals surface area contributed by atoms with Crippen LogP contribution in [-0.4, -0.2) is 59.0 Å². The van der Waals surface area contributed by atoms with E-state index in [1.54, 1.807) is 0 Å². The van der Waals surface area contributed by atoms with Gasteiger partial charge in [-0.25, -0.2) is 0 Å². The summed E-state index contributed by atoms with van der Waals surface area (Å²) in [4.78, 5) is 2.30. The molecule has 1 fully saturated rings. The van der Waals surface area contributed by atoms with E-state index in [9.17, 15) is 5.11 Å². The minimum Gasteiger partial charge on any atom is -0.390 e. The van der Waals surface area contributed by atoms with Crippen molar-refractivity contribution in [2.24, 2.45) is 0 Å². The molecule has 0 saturated carbocycles. The van der Waals surface area contributed by atoms with Crippen molar-refractivity contribution in [2.45, 2.75) is 71.3 Å². The van der Waals surface area contributed by atoms with Gasteiger partial charge in [0.1, 0.15) is 0 Å². The van der Waals surface area contributed by atoms with Crippen LogP contribution in [0.15, 0.2) is 0 Å². The van der Waals surface area contributed by atoms with Gasteiger partial charge in [0.2, 0.25) is 0 Å².